The van der Waals surface area contributed by atoms with Gasteiger partial charge in [0, 0.05) is 20.1 Å². The fourth-order valence-electron chi connectivity index (χ4n) is 2.14. The summed E-state index contributed by atoms with van der Waals surface area (Å²) >= 11 is 0. The van der Waals surface area contributed by atoms with Crippen molar-refractivity contribution in [3.63, 3.8) is 0 Å². The quantitative estimate of drug-likeness (QED) is 0.673. The van der Waals surface area contributed by atoms with Crippen molar-refractivity contribution >= 4 is 0 Å². The molecule has 20 heavy (non-hydrogen) atoms. The molecule has 0 bridgehead atoms. The van der Waals surface area contributed by atoms with Gasteiger partial charge in [0.2, 0.25) is 0 Å². The highest BCUT2D eigenvalue weighted by molar-refractivity contribution is 5.37. The van der Waals surface area contributed by atoms with Gasteiger partial charge >= 0.3 is 0 Å². The zero-order chi connectivity index (χ0) is 14.0. The fraction of sp³-hybridized carbons (Fsp3) is 0.333. The summed E-state index contributed by atoms with van der Waals surface area (Å²) in [5.74, 6) is 0.994. The molecule has 0 radical (unpaired) electrons. The molecule has 0 spiro atoms. The van der Waals surface area contributed by atoms with Gasteiger partial charge in [-0.1, -0.05) is 48.5 Å². The standard InChI is InChI=1S/C18H22O2/c1-19-13-7-8-14-20-18-12-6-5-11-17(18)15-16-9-3-2-4-10-16/h2-6,9-12H,7-8,13-15H2,1H3. The molecule has 0 fully saturated rings. The molecule has 0 N–H and O–H groups in total. The normalized spacial score (nSPS) is 10.4. The maximum atomic E-state index is 5.90. The van der Waals surface area contributed by atoms with Crippen LogP contribution in [0.2, 0.25) is 0 Å². The molecule has 106 valence electrons. The van der Waals surface area contributed by atoms with Gasteiger partial charge in [0.25, 0.3) is 0 Å². The molecule has 0 amide bonds. The molecule has 2 rings (SSSR count). The van der Waals surface area contributed by atoms with Crippen LogP contribution in [0.4, 0.5) is 0 Å². The van der Waals surface area contributed by atoms with Gasteiger partial charge in [-0.2, -0.15) is 0 Å². The molecule has 0 unspecified atom stereocenters. The summed E-state index contributed by atoms with van der Waals surface area (Å²) in [7, 11) is 1.73. The summed E-state index contributed by atoms with van der Waals surface area (Å²) in [5, 5.41) is 0. The largest absolute Gasteiger partial charge is 0.493 e. The Morgan fingerprint density at radius 3 is 2.30 bits per heavy atom. The molecule has 2 nitrogen and oxygen atoms in total. The lowest BCUT2D eigenvalue weighted by molar-refractivity contribution is 0.184. The molecule has 0 aromatic heterocycles. The lowest BCUT2D eigenvalue weighted by Gasteiger charge is -2.11. The Hall–Kier alpha value is -1.80. The number of hydrogen-bond donors (Lipinski definition) is 0. The van der Waals surface area contributed by atoms with Crippen molar-refractivity contribution in [2.45, 2.75) is 19.3 Å². The Morgan fingerprint density at radius 1 is 0.800 bits per heavy atom. The maximum Gasteiger partial charge on any atom is 0.122 e. The van der Waals surface area contributed by atoms with E-state index in [-0.39, 0.29) is 0 Å². The minimum absolute atomic E-state index is 0.745. The average Bonchev–Trinajstić information content (AvgIpc) is 2.50. The van der Waals surface area contributed by atoms with Crippen LogP contribution in [0.5, 0.6) is 5.75 Å². The van der Waals surface area contributed by atoms with Gasteiger partial charge in [-0.05, 0) is 30.0 Å². The summed E-state index contributed by atoms with van der Waals surface area (Å²) in [6, 6.07) is 18.8. The Balaban J connectivity index is 1.92. The average molecular weight is 270 g/mol. The number of methoxy groups -OCH3 is 1. The van der Waals surface area contributed by atoms with E-state index in [2.05, 4.69) is 42.5 Å². The van der Waals surface area contributed by atoms with Crippen LogP contribution in [0.1, 0.15) is 24.0 Å². The zero-order valence-electron chi connectivity index (χ0n) is 12.0. The number of rotatable bonds is 8. The zero-order valence-corrected chi connectivity index (χ0v) is 12.0. The van der Waals surface area contributed by atoms with Crippen LogP contribution >= 0.6 is 0 Å². The van der Waals surface area contributed by atoms with Gasteiger partial charge in [0.1, 0.15) is 5.75 Å². The van der Waals surface area contributed by atoms with Crippen molar-refractivity contribution in [3.05, 3.63) is 65.7 Å². The molecule has 0 heterocycles. The summed E-state index contributed by atoms with van der Waals surface area (Å²) in [5.41, 5.74) is 2.55. The van der Waals surface area contributed by atoms with E-state index in [1.165, 1.54) is 11.1 Å². The molecule has 0 saturated heterocycles. The molecule has 0 atom stereocenters. The lowest BCUT2D eigenvalue weighted by atomic mass is 10.0. The van der Waals surface area contributed by atoms with Crippen LogP contribution in [0.3, 0.4) is 0 Å². The summed E-state index contributed by atoms with van der Waals surface area (Å²) in [4.78, 5) is 0. The monoisotopic (exact) mass is 270 g/mol. The number of benzene rings is 2. The summed E-state index contributed by atoms with van der Waals surface area (Å²) < 4.78 is 10.9. The third-order valence-electron chi connectivity index (χ3n) is 3.21. The van der Waals surface area contributed by atoms with E-state index in [0.29, 0.717) is 0 Å². The van der Waals surface area contributed by atoms with E-state index in [9.17, 15) is 0 Å². The Kier molecular flexibility index (Phi) is 6.12. The SMILES string of the molecule is COCCCCOc1ccccc1Cc1ccccc1. The second kappa shape index (κ2) is 8.39. The van der Waals surface area contributed by atoms with Gasteiger partial charge < -0.3 is 9.47 Å². The van der Waals surface area contributed by atoms with Crippen molar-refractivity contribution in [1.29, 1.82) is 0 Å². The van der Waals surface area contributed by atoms with E-state index in [1.807, 2.05) is 12.1 Å². The first-order valence-corrected chi connectivity index (χ1v) is 7.13. The van der Waals surface area contributed by atoms with Gasteiger partial charge in [-0.25, -0.2) is 0 Å². The smallest absolute Gasteiger partial charge is 0.122 e. The van der Waals surface area contributed by atoms with Gasteiger partial charge in [-0.15, -0.1) is 0 Å². The van der Waals surface area contributed by atoms with Crippen molar-refractivity contribution in [1.82, 2.24) is 0 Å². The highest BCUT2D eigenvalue weighted by Gasteiger charge is 2.03. The van der Waals surface area contributed by atoms with Crippen molar-refractivity contribution < 1.29 is 9.47 Å². The minimum Gasteiger partial charge on any atom is -0.493 e. The molecule has 2 heteroatoms. The highest BCUT2D eigenvalue weighted by atomic mass is 16.5. The Labute approximate surface area is 121 Å². The molecular weight excluding hydrogens is 248 g/mol. The molecule has 0 saturated carbocycles. The molecule has 0 aliphatic heterocycles. The van der Waals surface area contributed by atoms with Crippen LogP contribution in [0, 0.1) is 0 Å². The molecule has 2 aromatic rings. The van der Waals surface area contributed by atoms with Crippen LogP contribution in [-0.2, 0) is 11.2 Å². The highest BCUT2D eigenvalue weighted by Crippen LogP contribution is 2.21. The number of hydrogen-bond acceptors (Lipinski definition) is 2. The van der Waals surface area contributed by atoms with Gasteiger partial charge in [-0.3, -0.25) is 0 Å². The summed E-state index contributed by atoms with van der Waals surface area (Å²) in [6.07, 6.45) is 2.97. The first-order chi connectivity index (χ1) is 9.90. The number of ether oxygens (including phenoxy) is 2. The first-order valence-electron chi connectivity index (χ1n) is 7.13. The van der Waals surface area contributed by atoms with E-state index in [1.54, 1.807) is 7.11 Å². The second-order valence-electron chi connectivity index (χ2n) is 4.82. The van der Waals surface area contributed by atoms with Crippen LogP contribution < -0.4 is 4.74 Å². The lowest BCUT2D eigenvalue weighted by Crippen LogP contribution is -2.02. The Morgan fingerprint density at radius 2 is 1.50 bits per heavy atom. The van der Waals surface area contributed by atoms with Crippen LogP contribution in [0.25, 0.3) is 0 Å². The number of unbranched alkanes of at least 4 members (excludes halogenated alkanes) is 1. The van der Waals surface area contributed by atoms with Crippen molar-refractivity contribution in [3.8, 4) is 5.75 Å². The Bertz CT molecular complexity index is 494. The van der Waals surface area contributed by atoms with Gasteiger partial charge in [0.15, 0.2) is 0 Å². The predicted octanol–water partition coefficient (Wildman–Crippen LogP) is 4.08. The summed E-state index contributed by atoms with van der Waals surface area (Å²) in [6.45, 7) is 1.55. The van der Waals surface area contributed by atoms with Crippen molar-refractivity contribution in [2.24, 2.45) is 0 Å². The predicted molar refractivity (Wildman–Crippen MR) is 82.3 cm³/mol. The van der Waals surface area contributed by atoms with Crippen molar-refractivity contribution in [2.75, 3.05) is 20.3 Å². The van der Waals surface area contributed by atoms with E-state index >= 15 is 0 Å². The topological polar surface area (TPSA) is 18.5 Å². The second-order valence-corrected chi connectivity index (χ2v) is 4.82. The van der Waals surface area contributed by atoms with Crippen LogP contribution in [0.15, 0.2) is 54.6 Å². The number of para-hydroxylation sites is 1. The first kappa shape index (κ1) is 14.6. The third kappa shape index (κ3) is 4.71. The molecule has 2 aromatic carbocycles. The van der Waals surface area contributed by atoms with Crippen LogP contribution in [-0.4, -0.2) is 20.3 Å². The fourth-order valence-corrected chi connectivity index (χ4v) is 2.14. The molecule has 0 aliphatic carbocycles. The van der Waals surface area contributed by atoms with E-state index in [0.717, 1.165) is 38.2 Å². The minimum atomic E-state index is 0.745. The molecular formula is C18H22O2. The van der Waals surface area contributed by atoms with E-state index < -0.39 is 0 Å². The van der Waals surface area contributed by atoms with E-state index in [4.69, 9.17) is 9.47 Å². The maximum absolute atomic E-state index is 5.90. The molecule has 0 aliphatic rings. The van der Waals surface area contributed by atoms with Gasteiger partial charge in [0.05, 0.1) is 6.61 Å². The third-order valence-corrected chi connectivity index (χ3v) is 3.21.